The predicted molar refractivity (Wildman–Crippen MR) is 48.1 cm³/mol. The maximum Gasteiger partial charge on any atom is 0.451 e. The van der Waals surface area contributed by atoms with Crippen molar-refractivity contribution in [2.45, 2.75) is 6.18 Å². The molecule has 0 fully saturated rings. The number of ether oxygens (including phenoxy) is 1. The fraction of sp³-hybridized carbons (Fsp3) is 0.222. The summed E-state index contributed by atoms with van der Waals surface area (Å²) in [5.74, 6) is -1.83. The van der Waals surface area contributed by atoms with Crippen molar-refractivity contribution in [2.75, 3.05) is 7.11 Å². The molecule has 7 heteroatoms. The number of rotatable bonds is 2. The van der Waals surface area contributed by atoms with Crippen LogP contribution < -0.4 is 0 Å². The minimum absolute atomic E-state index is 0.276. The monoisotopic (exact) mass is 232 g/mol. The molecular weight excluding hydrogens is 225 g/mol. The first kappa shape index (κ1) is 12.2. The van der Waals surface area contributed by atoms with Gasteiger partial charge in [-0.15, -0.1) is 0 Å². The maximum atomic E-state index is 12.1. The second kappa shape index (κ2) is 4.73. The molecule has 0 aliphatic heterocycles. The fourth-order valence-corrected chi connectivity index (χ4v) is 0.803. The predicted octanol–water partition coefficient (Wildman–Crippen LogP) is 1.68. The van der Waals surface area contributed by atoms with E-state index in [4.69, 9.17) is 0 Å². The molecular formula is C9H7F3N2O2. The molecule has 1 aromatic rings. The molecule has 0 N–H and O–H groups in total. The van der Waals surface area contributed by atoms with Crippen LogP contribution in [0.4, 0.5) is 13.2 Å². The summed E-state index contributed by atoms with van der Waals surface area (Å²) in [5.41, 5.74) is 0.276. The van der Waals surface area contributed by atoms with Crippen LogP contribution in [-0.4, -0.2) is 23.0 Å². The number of aromatic nitrogens is 2. The van der Waals surface area contributed by atoms with E-state index in [0.717, 1.165) is 18.5 Å². The van der Waals surface area contributed by atoms with Gasteiger partial charge in [0.25, 0.3) is 0 Å². The lowest BCUT2D eigenvalue weighted by atomic mass is 10.3. The first-order chi connectivity index (χ1) is 7.43. The van der Waals surface area contributed by atoms with Crippen molar-refractivity contribution < 1.29 is 22.7 Å². The summed E-state index contributed by atoms with van der Waals surface area (Å²) < 4.78 is 40.5. The number of nitrogens with zero attached hydrogens (tertiary/aromatic N) is 2. The summed E-state index contributed by atoms with van der Waals surface area (Å²) in [5, 5.41) is 0. The van der Waals surface area contributed by atoms with Crippen molar-refractivity contribution >= 4 is 12.0 Å². The highest BCUT2D eigenvalue weighted by molar-refractivity contribution is 5.86. The average molecular weight is 232 g/mol. The van der Waals surface area contributed by atoms with Crippen LogP contribution in [0.25, 0.3) is 6.08 Å². The van der Waals surface area contributed by atoms with Gasteiger partial charge in [-0.25, -0.2) is 14.8 Å². The SMILES string of the molecule is COC(=O)/C=C/c1cnc(C(F)(F)F)nc1. The van der Waals surface area contributed by atoms with E-state index in [1.807, 2.05) is 0 Å². The van der Waals surface area contributed by atoms with Crippen molar-refractivity contribution in [1.82, 2.24) is 9.97 Å². The molecule has 0 amide bonds. The molecule has 1 heterocycles. The van der Waals surface area contributed by atoms with Gasteiger partial charge in [0.15, 0.2) is 0 Å². The topological polar surface area (TPSA) is 52.1 Å². The lowest BCUT2D eigenvalue weighted by Gasteiger charge is -2.03. The molecule has 16 heavy (non-hydrogen) atoms. The molecule has 0 saturated heterocycles. The molecule has 0 aliphatic rings. The number of carbonyl (C=O) groups is 1. The Morgan fingerprint density at radius 3 is 2.38 bits per heavy atom. The minimum Gasteiger partial charge on any atom is -0.466 e. The molecule has 0 aliphatic carbocycles. The molecule has 4 nitrogen and oxygen atoms in total. The Morgan fingerprint density at radius 1 is 1.38 bits per heavy atom. The van der Waals surface area contributed by atoms with Crippen molar-refractivity contribution in [2.24, 2.45) is 0 Å². The summed E-state index contributed by atoms with van der Waals surface area (Å²) in [6.45, 7) is 0. The van der Waals surface area contributed by atoms with Gasteiger partial charge in [0.2, 0.25) is 5.82 Å². The van der Waals surface area contributed by atoms with Gasteiger partial charge in [0.1, 0.15) is 0 Å². The molecule has 0 spiro atoms. The summed E-state index contributed by atoms with van der Waals surface area (Å²) in [4.78, 5) is 16.9. The van der Waals surface area contributed by atoms with Crippen molar-refractivity contribution in [3.8, 4) is 0 Å². The Kier molecular flexibility index (Phi) is 3.60. The Morgan fingerprint density at radius 2 is 1.94 bits per heavy atom. The molecule has 0 bridgehead atoms. The number of hydrogen-bond donors (Lipinski definition) is 0. The third kappa shape index (κ3) is 3.34. The average Bonchev–Trinajstić information content (AvgIpc) is 2.25. The van der Waals surface area contributed by atoms with Crippen LogP contribution in [-0.2, 0) is 15.7 Å². The zero-order chi connectivity index (χ0) is 12.2. The molecule has 0 unspecified atom stereocenters. The van der Waals surface area contributed by atoms with Gasteiger partial charge in [0.05, 0.1) is 7.11 Å². The second-order valence-electron chi connectivity index (χ2n) is 2.69. The summed E-state index contributed by atoms with van der Waals surface area (Å²) >= 11 is 0. The highest BCUT2D eigenvalue weighted by atomic mass is 19.4. The van der Waals surface area contributed by atoms with Gasteiger partial charge in [-0.2, -0.15) is 13.2 Å². The Balaban J connectivity index is 2.80. The molecule has 0 radical (unpaired) electrons. The quantitative estimate of drug-likeness (QED) is 0.575. The van der Waals surface area contributed by atoms with Crippen molar-refractivity contribution in [1.29, 1.82) is 0 Å². The standard InChI is InChI=1S/C9H7F3N2O2/c1-16-7(15)3-2-6-4-13-8(14-5-6)9(10,11)12/h2-5H,1H3/b3-2+. The van der Waals surface area contributed by atoms with Crippen LogP contribution in [0.5, 0.6) is 0 Å². The van der Waals surface area contributed by atoms with Gasteiger partial charge >= 0.3 is 12.1 Å². The van der Waals surface area contributed by atoms with Gasteiger partial charge in [-0.1, -0.05) is 0 Å². The van der Waals surface area contributed by atoms with E-state index < -0.39 is 18.0 Å². The van der Waals surface area contributed by atoms with Crippen molar-refractivity contribution in [3.05, 3.63) is 29.9 Å². The molecule has 0 aromatic carbocycles. The first-order valence-corrected chi connectivity index (χ1v) is 4.09. The van der Waals surface area contributed by atoms with E-state index >= 15 is 0 Å². The van der Waals surface area contributed by atoms with E-state index in [9.17, 15) is 18.0 Å². The number of hydrogen-bond acceptors (Lipinski definition) is 4. The Hall–Kier alpha value is -1.92. The Bertz CT molecular complexity index is 398. The van der Waals surface area contributed by atoms with Crippen LogP contribution in [0.2, 0.25) is 0 Å². The number of methoxy groups -OCH3 is 1. The highest BCUT2D eigenvalue weighted by Crippen LogP contribution is 2.25. The number of alkyl halides is 3. The summed E-state index contributed by atoms with van der Waals surface area (Å²) in [7, 11) is 1.19. The second-order valence-corrected chi connectivity index (χ2v) is 2.69. The smallest absolute Gasteiger partial charge is 0.451 e. The van der Waals surface area contributed by atoms with Gasteiger partial charge in [-0.05, 0) is 6.08 Å². The third-order valence-corrected chi connectivity index (χ3v) is 1.54. The van der Waals surface area contributed by atoms with E-state index in [1.54, 1.807) is 0 Å². The first-order valence-electron chi connectivity index (χ1n) is 4.09. The number of halogens is 3. The summed E-state index contributed by atoms with van der Waals surface area (Å²) in [6, 6.07) is 0. The molecule has 1 rings (SSSR count). The third-order valence-electron chi connectivity index (χ3n) is 1.54. The van der Waals surface area contributed by atoms with Gasteiger partial charge < -0.3 is 4.74 Å². The zero-order valence-electron chi connectivity index (χ0n) is 8.15. The molecule has 86 valence electrons. The van der Waals surface area contributed by atoms with E-state index in [1.165, 1.54) is 13.2 Å². The fourth-order valence-electron chi connectivity index (χ4n) is 0.803. The van der Waals surface area contributed by atoms with Crippen molar-refractivity contribution in [3.63, 3.8) is 0 Å². The van der Waals surface area contributed by atoms with Crippen LogP contribution in [0.15, 0.2) is 18.5 Å². The molecule has 0 atom stereocenters. The molecule has 1 aromatic heterocycles. The van der Waals surface area contributed by atoms with E-state index in [-0.39, 0.29) is 5.56 Å². The normalized spacial score (nSPS) is 11.8. The Labute approximate surface area is 88.8 Å². The van der Waals surface area contributed by atoms with Crippen LogP contribution in [0, 0.1) is 0 Å². The van der Waals surface area contributed by atoms with Crippen LogP contribution in [0.3, 0.4) is 0 Å². The number of carbonyl (C=O) groups excluding carboxylic acids is 1. The van der Waals surface area contributed by atoms with Gasteiger partial charge in [-0.3, -0.25) is 0 Å². The lowest BCUT2D eigenvalue weighted by Crippen LogP contribution is -2.10. The van der Waals surface area contributed by atoms with Crippen LogP contribution in [0.1, 0.15) is 11.4 Å². The highest BCUT2D eigenvalue weighted by Gasteiger charge is 2.34. The van der Waals surface area contributed by atoms with E-state index in [2.05, 4.69) is 14.7 Å². The zero-order valence-corrected chi connectivity index (χ0v) is 8.15. The number of esters is 1. The van der Waals surface area contributed by atoms with Gasteiger partial charge in [0, 0.05) is 24.0 Å². The van der Waals surface area contributed by atoms with E-state index in [0.29, 0.717) is 0 Å². The maximum absolute atomic E-state index is 12.1. The largest absolute Gasteiger partial charge is 0.466 e. The lowest BCUT2D eigenvalue weighted by molar-refractivity contribution is -0.145. The molecule has 0 saturated carbocycles. The summed E-state index contributed by atoms with van der Waals surface area (Å²) in [6.07, 6.45) is -0.312. The van der Waals surface area contributed by atoms with Crippen LogP contribution >= 0.6 is 0 Å². The minimum atomic E-state index is -4.56.